The van der Waals surface area contributed by atoms with Crippen molar-refractivity contribution in [2.45, 2.75) is 18.9 Å². The minimum atomic E-state index is 0.181. The van der Waals surface area contributed by atoms with Gasteiger partial charge in [-0.3, -0.25) is 0 Å². The Hall–Kier alpha value is -1.10. The summed E-state index contributed by atoms with van der Waals surface area (Å²) in [6.45, 7) is 1.97. The highest BCUT2D eigenvalue weighted by molar-refractivity contribution is 5.33. The van der Waals surface area contributed by atoms with Gasteiger partial charge in [0.05, 0.1) is 19.8 Å². The van der Waals surface area contributed by atoms with Gasteiger partial charge in [-0.1, -0.05) is 18.2 Å². The zero-order chi connectivity index (χ0) is 11.2. The van der Waals surface area contributed by atoms with E-state index >= 15 is 0 Å². The third-order valence-electron chi connectivity index (χ3n) is 2.64. The summed E-state index contributed by atoms with van der Waals surface area (Å²) in [6.07, 6.45) is 1.90. The van der Waals surface area contributed by atoms with Gasteiger partial charge in [0.1, 0.15) is 11.9 Å². The minimum absolute atomic E-state index is 0.181. The van der Waals surface area contributed by atoms with Crippen molar-refractivity contribution in [2.24, 2.45) is 5.90 Å². The second-order valence-corrected chi connectivity index (χ2v) is 3.83. The van der Waals surface area contributed by atoms with Gasteiger partial charge in [0, 0.05) is 12.8 Å². The molecule has 1 aliphatic heterocycles. The summed E-state index contributed by atoms with van der Waals surface area (Å²) in [5.74, 6) is 5.94. The third-order valence-corrected chi connectivity index (χ3v) is 2.64. The highest BCUT2D eigenvalue weighted by atomic mass is 16.6. The first-order valence-electron chi connectivity index (χ1n) is 5.54. The first kappa shape index (κ1) is 11.4. The fourth-order valence-corrected chi connectivity index (χ4v) is 1.78. The SMILES string of the molecule is NOCCc1ccccc1OC1CCOC1. The summed E-state index contributed by atoms with van der Waals surface area (Å²) < 4.78 is 11.2. The number of benzene rings is 1. The van der Waals surface area contributed by atoms with Gasteiger partial charge in [0.15, 0.2) is 0 Å². The van der Waals surface area contributed by atoms with Crippen LogP contribution in [0.3, 0.4) is 0 Å². The molecule has 1 aliphatic rings. The van der Waals surface area contributed by atoms with Gasteiger partial charge < -0.3 is 14.3 Å². The zero-order valence-corrected chi connectivity index (χ0v) is 9.22. The molecule has 1 atom stereocenters. The molecule has 4 heteroatoms. The van der Waals surface area contributed by atoms with Gasteiger partial charge in [-0.2, -0.15) is 0 Å². The lowest BCUT2D eigenvalue weighted by molar-refractivity contribution is 0.133. The zero-order valence-electron chi connectivity index (χ0n) is 9.22. The van der Waals surface area contributed by atoms with Gasteiger partial charge in [0.2, 0.25) is 0 Å². The van der Waals surface area contributed by atoms with E-state index in [1.165, 1.54) is 0 Å². The molecule has 0 spiro atoms. The molecular formula is C12H17NO3. The number of rotatable bonds is 5. The van der Waals surface area contributed by atoms with E-state index in [0.717, 1.165) is 30.8 Å². The molecule has 1 unspecified atom stereocenters. The predicted molar refractivity (Wildman–Crippen MR) is 60.1 cm³/mol. The lowest BCUT2D eigenvalue weighted by atomic mass is 10.1. The molecule has 0 aliphatic carbocycles. The molecule has 0 saturated carbocycles. The fourth-order valence-electron chi connectivity index (χ4n) is 1.78. The number of hydrogen-bond donors (Lipinski definition) is 1. The Morgan fingerprint density at radius 2 is 2.25 bits per heavy atom. The van der Waals surface area contributed by atoms with Crippen LogP contribution < -0.4 is 10.6 Å². The standard InChI is InChI=1S/C12H17NO3/c13-15-8-5-10-3-1-2-4-12(10)16-11-6-7-14-9-11/h1-4,11H,5-9,13H2. The molecule has 0 bridgehead atoms. The summed E-state index contributed by atoms with van der Waals surface area (Å²) in [6, 6.07) is 7.97. The lowest BCUT2D eigenvalue weighted by Gasteiger charge is -2.15. The molecule has 88 valence electrons. The van der Waals surface area contributed by atoms with Gasteiger partial charge >= 0.3 is 0 Å². The van der Waals surface area contributed by atoms with Gasteiger partial charge in [-0.25, -0.2) is 5.90 Å². The van der Waals surface area contributed by atoms with Gasteiger partial charge in [-0.15, -0.1) is 0 Å². The molecule has 0 radical (unpaired) electrons. The van der Waals surface area contributed by atoms with E-state index in [1.54, 1.807) is 0 Å². The Morgan fingerprint density at radius 1 is 1.38 bits per heavy atom. The first-order valence-corrected chi connectivity index (χ1v) is 5.54. The Labute approximate surface area is 95.2 Å². The molecule has 16 heavy (non-hydrogen) atoms. The van der Waals surface area contributed by atoms with Crippen molar-refractivity contribution in [3.8, 4) is 5.75 Å². The first-order chi connectivity index (χ1) is 7.90. The largest absolute Gasteiger partial charge is 0.488 e. The summed E-state index contributed by atoms with van der Waals surface area (Å²) in [4.78, 5) is 4.59. The van der Waals surface area contributed by atoms with Crippen LogP contribution in [0, 0.1) is 0 Å². The molecular weight excluding hydrogens is 206 g/mol. The van der Waals surface area contributed by atoms with E-state index in [0.29, 0.717) is 13.2 Å². The maximum Gasteiger partial charge on any atom is 0.124 e. The fraction of sp³-hybridized carbons (Fsp3) is 0.500. The second-order valence-electron chi connectivity index (χ2n) is 3.83. The second kappa shape index (κ2) is 5.84. The van der Waals surface area contributed by atoms with Crippen LogP contribution >= 0.6 is 0 Å². The van der Waals surface area contributed by atoms with E-state index in [4.69, 9.17) is 15.4 Å². The lowest BCUT2D eigenvalue weighted by Crippen LogP contribution is -2.17. The van der Waals surface area contributed by atoms with E-state index < -0.39 is 0 Å². The molecule has 2 rings (SSSR count). The van der Waals surface area contributed by atoms with E-state index in [2.05, 4.69) is 4.84 Å². The van der Waals surface area contributed by atoms with E-state index in [1.807, 2.05) is 24.3 Å². The van der Waals surface area contributed by atoms with Crippen LogP contribution in [0.2, 0.25) is 0 Å². The number of para-hydroxylation sites is 1. The Balaban J connectivity index is 2.00. The molecule has 0 aromatic heterocycles. The molecule has 1 aromatic rings. The van der Waals surface area contributed by atoms with Crippen LogP contribution in [0.5, 0.6) is 5.75 Å². The average Bonchev–Trinajstić information content (AvgIpc) is 2.81. The quantitative estimate of drug-likeness (QED) is 0.764. The highest BCUT2D eigenvalue weighted by Gasteiger charge is 2.18. The predicted octanol–water partition coefficient (Wildman–Crippen LogP) is 1.29. The van der Waals surface area contributed by atoms with E-state index in [9.17, 15) is 0 Å². The Morgan fingerprint density at radius 3 is 3.00 bits per heavy atom. The summed E-state index contributed by atoms with van der Waals surface area (Å²) >= 11 is 0. The normalized spacial score (nSPS) is 19.9. The average molecular weight is 223 g/mol. The van der Waals surface area contributed by atoms with Crippen molar-refractivity contribution in [2.75, 3.05) is 19.8 Å². The number of nitrogens with two attached hydrogens (primary N) is 1. The molecule has 1 saturated heterocycles. The number of ether oxygens (including phenoxy) is 2. The molecule has 1 aromatic carbocycles. The monoisotopic (exact) mass is 223 g/mol. The van der Waals surface area contributed by atoms with Crippen LogP contribution in [0.1, 0.15) is 12.0 Å². The topological polar surface area (TPSA) is 53.7 Å². The summed E-state index contributed by atoms with van der Waals surface area (Å²) in [7, 11) is 0. The Bertz CT molecular complexity index is 324. The van der Waals surface area contributed by atoms with Crippen LogP contribution in [0.25, 0.3) is 0 Å². The van der Waals surface area contributed by atoms with Crippen molar-refractivity contribution in [3.05, 3.63) is 29.8 Å². The maximum absolute atomic E-state index is 5.88. The van der Waals surface area contributed by atoms with Crippen molar-refractivity contribution in [1.29, 1.82) is 0 Å². The molecule has 1 fully saturated rings. The van der Waals surface area contributed by atoms with Crippen molar-refractivity contribution < 1.29 is 14.3 Å². The van der Waals surface area contributed by atoms with Crippen molar-refractivity contribution >= 4 is 0 Å². The van der Waals surface area contributed by atoms with Crippen LogP contribution in [0.4, 0.5) is 0 Å². The minimum Gasteiger partial charge on any atom is -0.488 e. The van der Waals surface area contributed by atoms with Crippen LogP contribution in [-0.2, 0) is 16.0 Å². The Kier molecular flexibility index (Phi) is 4.16. The molecule has 2 N–H and O–H groups in total. The third kappa shape index (κ3) is 2.95. The van der Waals surface area contributed by atoms with Gasteiger partial charge in [-0.05, 0) is 11.6 Å². The van der Waals surface area contributed by atoms with Gasteiger partial charge in [0.25, 0.3) is 0 Å². The number of hydrogen-bond acceptors (Lipinski definition) is 4. The summed E-state index contributed by atoms with van der Waals surface area (Å²) in [5.41, 5.74) is 1.12. The molecule has 0 amide bonds. The maximum atomic E-state index is 5.88. The molecule has 4 nitrogen and oxygen atoms in total. The summed E-state index contributed by atoms with van der Waals surface area (Å²) in [5, 5.41) is 0. The van der Waals surface area contributed by atoms with Crippen LogP contribution in [-0.4, -0.2) is 25.9 Å². The van der Waals surface area contributed by atoms with Crippen molar-refractivity contribution in [3.63, 3.8) is 0 Å². The highest BCUT2D eigenvalue weighted by Crippen LogP contribution is 2.22. The van der Waals surface area contributed by atoms with Crippen LogP contribution in [0.15, 0.2) is 24.3 Å². The van der Waals surface area contributed by atoms with Crippen molar-refractivity contribution in [1.82, 2.24) is 0 Å². The smallest absolute Gasteiger partial charge is 0.124 e. The van der Waals surface area contributed by atoms with E-state index in [-0.39, 0.29) is 6.10 Å². The molecule has 1 heterocycles.